The number of anilines is 1. The molecule has 0 saturated carbocycles. The Bertz CT molecular complexity index is 467. The van der Waals surface area contributed by atoms with Crippen molar-refractivity contribution in [3.05, 3.63) is 12.3 Å². The van der Waals surface area contributed by atoms with E-state index in [0.29, 0.717) is 25.0 Å². The first-order valence-corrected chi connectivity index (χ1v) is 7.08. The second-order valence-corrected chi connectivity index (χ2v) is 5.14. The molecule has 1 aromatic heterocycles. The Balaban J connectivity index is 2.21. The Kier molecular flexibility index (Phi) is 4.76. The van der Waals surface area contributed by atoms with Crippen LogP contribution in [0.2, 0.25) is 0 Å². The van der Waals surface area contributed by atoms with Crippen molar-refractivity contribution in [2.75, 3.05) is 18.1 Å². The first-order chi connectivity index (χ1) is 9.63. The number of hydrogen-bond acceptors (Lipinski definition) is 5. The Morgan fingerprint density at radius 2 is 2.40 bits per heavy atom. The summed E-state index contributed by atoms with van der Waals surface area (Å²) in [6, 6.07) is 1.13. The Hall–Kier alpha value is -1.85. The number of rotatable bonds is 5. The molecule has 2 heterocycles. The van der Waals surface area contributed by atoms with Gasteiger partial charge in [-0.25, -0.2) is 9.78 Å². The number of carboxylic acid groups (broad SMARTS) is 1. The van der Waals surface area contributed by atoms with Crippen molar-refractivity contribution in [2.45, 2.75) is 39.2 Å². The van der Waals surface area contributed by atoms with Crippen LogP contribution < -0.4 is 9.64 Å². The molecule has 0 bridgehead atoms. The number of carboxylic acids is 1. The van der Waals surface area contributed by atoms with Gasteiger partial charge in [0.25, 0.3) is 0 Å². The predicted molar refractivity (Wildman–Crippen MR) is 75.0 cm³/mol. The van der Waals surface area contributed by atoms with Gasteiger partial charge in [-0.2, -0.15) is 4.98 Å². The molecule has 1 aliphatic rings. The molecule has 0 spiro atoms. The topological polar surface area (TPSA) is 75.5 Å². The summed E-state index contributed by atoms with van der Waals surface area (Å²) in [6.07, 6.45) is 4.39. The number of nitrogens with zero attached hydrogens (tertiary/aromatic N) is 3. The fourth-order valence-corrected chi connectivity index (χ4v) is 2.55. The third kappa shape index (κ3) is 3.18. The molecular weight excluding hydrogens is 258 g/mol. The van der Waals surface area contributed by atoms with Crippen molar-refractivity contribution in [1.29, 1.82) is 0 Å². The number of hydrogen-bond donors (Lipinski definition) is 1. The van der Waals surface area contributed by atoms with Crippen molar-refractivity contribution in [3.8, 4) is 5.88 Å². The largest absolute Gasteiger partial charge is 0.480 e. The lowest BCUT2D eigenvalue weighted by atomic mass is 9.91. The second-order valence-electron chi connectivity index (χ2n) is 5.14. The van der Waals surface area contributed by atoms with Crippen LogP contribution in [0.1, 0.15) is 33.1 Å². The van der Waals surface area contributed by atoms with E-state index in [1.54, 1.807) is 17.2 Å². The number of aromatic nitrogens is 2. The molecule has 110 valence electrons. The highest BCUT2D eigenvalue weighted by Gasteiger charge is 2.35. The molecule has 1 saturated heterocycles. The Morgan fingerprint density at radius 1 is 1.60 bits per heavy atom. The molecule has 1 fully saturated rings. The molecule has 2 rings (SSSR count). The number of ether oxygens (including phenoxy) is 1. The van der Waals surface area contributed by atoms with Crippen LogP contribution in [0.5, 0.6) is 5.88 Å². The van der Waals surface area contributed by atoms with E-state index in [2.05, 4.69) is 9.97 Å². The van der Waals surface area contributed by atoms with E-state index in [9.17, 15) is 9.90 Å². The van der Waals surface area contributed by atoms with Gasteiger partial charge in [0, 0.05) is 18.8 Å². The zero-order valence-electron chi connectivity index (χ0n) is 12.0. The van der Waals surface area contributed by atoms with Crippen LogP contribution >= 0.6 is 0 Å². The first kappa shape index (κ1) is 14.6. The number of piperidine rings is 1. The van der Waals surface area contributed by atoms with Gasteiger partial charge in [0.1, 0.15) is 6.04 Å². The molecule has 2 atom stereocenters. The highest BCUT2D eigenvalue weighted by Crippen LogP contribution is 2.27. The quantitative estimate of drug-likeness (QED) is 0.888. The molecule has 6 heteroatoms. The van der Waals surface area contributed by atoms with Crippen molar-refractivity contribution in [3.63, 3.8) is 0 Å². The van der Waals surface area contributed by atoms with Gasteiger partial charge in [0.05, 0.1) is 6.61 Å². The Labute approximate surface area is 118 Å². The summed E-state index contributed by atoms with van der Waals surface area (Å²) < 4.78 is 5.48. The van der Waals surface area contributed by atoms with Crippen molar-refractivity contribution < 1.29 is 14.6 Å². The molecule has 1 aliphatic heterocycles. The minimum Gasteiger partial charge on any atom is -0.480 e. The summed E-state index contributed by atoms with van der Waals surface area (Å²) >= 11 is 0. The van der Waals surface area contributed by atoms with Gasteiger partial charge in [-0.1, -0.05) is 13.8 Å². The van der Waals surface area contributed by atoms with Crippen molar-refractivity contribution in [1.82, 2.24) is 9.97 Å². The average Bonchev–Trinajstić information content (AvgIpc) is 2.44. The summed E-state index contributed by atoms with van der Waals surface area (Å²) in [5.74, 6) is 0.211. The smallest absolute Gasteiger partial charge is 0.326 e. The SMILES string of the molecule is CCCOc1ccnc(N2CCCC(C)C2C(=O)O)n1. The minimum atomic E-state index is -0.819. The van der Waals surface area contributed by atoms with Gasteiger partial charge in [-0.3, -0.25) is 0 Å². The van der Waals surface area contributed by atoms with Crippen LogP contribution in [0.15, 0.2) is 12.3 Å². The highest BCUT2D eigenvalue weighted by atomic mass is 16.5. The molecule has 1 N–H and O–H groups in total. The summed E-state index contributed by atoms with van der Waals surface area (Å²) in [4.78, 5) is 21.8. The van der Waals surface area contributed by atoms with E-state index in [4.69, 9.17) is 4.74 Å². The van der Waals surface area contributed by atoms with Gasteiger partial charge >= 0.3 is 5.97 Å². The lowest BCUT2D eigenvalue weighted by Gasteiger charge is -2.37. The van der Waals surface area contributed by atoms with Crippen molar-refractivity contribution in [2.24, 2.45) is 5.92 Å². The summed E-state index contributed by atoms with van der Waals surface area (Å²) in [5, 5.41) is 9.42. The maximum atomic E-state index is 11.5. The van der Waals surface area contributed by atoms with E-state index < -0.39 is 12.0 Å². The fraction of sp³-hybridized carbons (Fsp3) is 0.643. The van der Waals surface area contributed by atoms with Gasteiger partial charge in [-0.15, -0.1) is 0 Å². The third-order valence-electron chi connectivity index (χ3n) is 3.51. The lowest BCUT2D eigenvalue weighted by Crippen LogP contribution is -2.50. The molecule has 6 nitrogen and oxygen atoms in total. The second kappa shape index (κ2) is 6.54. The van der Waals surface area contributed by atoms with Crippen LogP contribution in [0, 0.1) is 5.92 Å². The zero-order chi connectivity index (χ0) is 14.5. The maximum absolute atomic E-state index is 11.5. The van der Waals surface area contributed by atoms with Gasteiger partial charge in [-0.05, 0) is 25.2 Å². The average molecular weight is 279 g/mol. The fourth-order valence-electron chi connectivity index (χ4n) is 2.55. The lowest BCUT2D eigenvalue weighted by molar-refractivity contribution is -0.140. The summed E-state index contributed by atoms with van der Waals surface area (Å²) in [5.41, 5.74) is 0. The third-order valence-corrected chi connectivity index (χ3v) is 3.51. The highest BCUT2D eigenvalue weighted by molar-refractivity contribution is 5.78. The van der Waals surface area contributed by atoms with Gasteiger partial charge in [0.2, 0.25) is 11.8 Å². The first-order valence-electron chi connectivity index (χ1n) is 7.08. The maximum Gasteiger partial charge on any atom is 0.326 e. The van der Waals surface area contributed by atoms with Crippen LogP contribution in [-0.4, -0.2) is 40.2 Å². The molecule has 0 aromatic carbocycles. The molecule has 0 radical (unpaired) electrons. The van der Waals surface area contributed by atoms with E-state index in [1.165, 1.54) is 0 Å². The standard InChI is InChI=1S/C14H21N3O3/c1-3-9-20-11-6-7-15-14(16-11)17-8-4-5-10(2)12(17)13(18)19/h6-7,10,12H,3-5,8-9H2,1-2H3,(H,18,19). The zero-order valence-corrected chi connectivity index (χ0v) is 12.0. The molecule has 2 unspecified atom stereocenters. The molecule has 20 heavy (non-hydrogen) atoms. The number of aliphatic carboxylic acids is 1. The van der Waals surface area contributed by atoms with E-state index in [0.717, 1.165) is 19.3 Å². The van der Waals surface area contributed by atoms with E-state index in [-0.39, 0.29) is 5.92 Å². The summed E-state index contributed by atoms with van der Waals surface area (Å²) in [6.45, 7) is 5.24. The number of carbonyl (C=O) groups is 1. The Morgan fingerprint density at radius 3 is 3.10 bits per heavy atom. The normalized spacial score (nSPS) is 22.6. The van der Waals surface area contributed by atoms with Gasteiger partial charge in [0.15, 0.2) is 0 Å². The van der Waals surface area contributed by atoms with Crippen LogP contribution in [-0.2, 0) is 4.79 Å². The van der Waals surface area contributed by atoms with E-state index in [1.807, 2.05) is 13.8 Å². The van der Waals surface area contributed by atoms with E-state index >= 15 is 0 Å². The van der Waals surface area contributed by atoms with Crippen LogP contribution in [0.25, 0.3) is 0 Å². The van der Waals surface area contributed by atoms with Gasteiger partial charge < -0.3 is 14.7 Å². The van der Waals surface area contributed by atoms with Crippen LogP contribution in [0.3, 0.4) is 0 Å². The predicted octanol–water partition coefficient (Wildman–Crippen LogP) is 1.95. The van der Waals surface area contributed by atoms with Crippen LogP contribution in [0.4, 0.5) is 5.95 Å². The minimum absolute atomic E-state index is 0.0880. The van der Waals surface area contributed by atoms with Crippen molar-refractivity contribution >= 4 is 11.9 Å². The molecule has 0 amide bonds. The monoisotopic (exact) mass is 279 g/mol. The molecular formula is C14H21N3O3. The summed E-state index contributed by atoms with van der Waals surface area (Å²) in [7, 11) is 0. The molecule has 0 aliphatic carbocycles. The molecule has 1 aromatic rings.